The fourth-order valence-corrected chi connectivity index (χ4v) is 2.95. The number of rotatable bonds is 4. The Bertz CT molecular complexity index is 852. The number of hydrogen-bond donors (Lipinski definition) is 1. The van der Waals surface area contributed by atoms with E-state index in [1.165, 1.54) is 11.3 Å². The molecule has 2 aromatic heterocycles. The highest BCUT2D eigenvalue weighted by molar-refractivity contribution is 7.18. The lowest BCUT2D eigenvalue weighted by atomic mass is 10.3. The van der Waals surface area contributed by atoms with Gasteiger partial charge >= 0.3 is 0 Å². The Kier molecular flexibility index (Phi) is 3.04. The van der Waals surface area contributed by atoms with Crippen molar-refractivity contribution in [1.29, 1.82) is 0 Å². The van der Waals surface area contributed by atoms with Crippen LogP contribution in [-0.2, 0) is 0 Å². The number of anilines is 1. The number of carbonyl (C=O) groups excluding carboxylic acids is 1. The molecule has 1 N–H and O–H groups in total. The zero-order valence-electron chi connectivity index (χ0n) is 11.8. The third-order valence-corrected chi connectivity index (χ3v) is 4.38. The van der Waals surface area contributed by atoms with Crippen LogP contribution in [0, 0.1) is 0 Å². The van der Waals surface area contributed by atoms with Crippen molar-refractivity contribution in [1.82, 2.24) is 19.8 Å². The second kappa shape index (κ2) is 5.06. The molecule has 0 saturated heterocycles. The molecular weight excluding hydrogens is 302 g/mol. The molecule has 1 aromatic carbocycles. The molecule has 2 heterocycles. The molecule has 8 heteroatoms. The van der Waals surface area contributed by atoms with Gasteiger partial charge in [-0.2, -0.15) is 4.52 Å². The lowest BCUT2D eigenvalue weighted by molar-refractivity contribution is 0.102. The summed E-state index contributed by atoms with van der Waals surface area (Å²) in [6.07, 6.45) is 2.23. The van der Waals surface area contributed by atoms with Crippen molar-refractivity contribution in [3.8, 4) is 5.75 Å². The Morgan fingerprint density at radius 3 is 3.05 bits per heavy atom. The summed E-state index contributed by atoms with van der Waals surface area (Å²) in [5, 5.41) is 15.7. The maximum absolute atomic E-state index is 12.3. The van der Waals surface area contributed by atoms with Crippen LogP contribution in [0.5, 0.6) is 5.75 Å². The second-order valence-corrected chi connectivity index (χ2v) is 6.08. The average Bonchev–Trinajstić information content (AvgIpc) is 3.15. The maximum atomic E-state index is 12.3. The van der Waals surface area contributed by atoms with E-state index in [0.717, 1.165) is 18.7 Å². The number of nitrogens with zero attached hydrogens (tertiary/aromatic N) is 4. The fourth-order valence-electron chi connectivity index (χ4n) is 2.21. The monoisotopic (exact) mass is 315 g/mol. The molecule has 1 saturated carbocycles. The average molecular weight is 315 g/mol. The molecular formula is C14H13N5O2S. The predicted octanol–water partition coefficient (Wildman–Crippen LogP) is 2.32. The topological polar surface area (TPSA) is 81.4 Å². The first kappa shape index (κ1) is 13.2. The standard InChI is InChI=1S/C14H13N5O2S/c1-21-10-4-2-3-9(7-10)15-12(20)13-18-19-11(8-5-6-8)16-17-14(19)22-13/h2-4,7-8H,5-6H2,1H3,(H,15,20). The Balaban J connectivity index is 1.59. The molecule has 1 amide bonds. The summed E-state index contributed by atoms with van der Waals surface area (Å²) in [4.78, 5) is 13.0. The third kappa shape index (κ3) is 2.31. The Hall–Kier alpha value is -2.48. The predicted molar refractivity (Wildman–Crippen MR) is 81.6 cm³/mol. The quantitative estimate of drug-likeness (QED) is 0.799. The minimum atomic E-state index is -0.259. The molecule has 1 aliphatic carbocycles. The molecule has 22 heavy (non-hydrogen) atoms. The largest absolute Gasteiger partial charge is 0.497 e. The van der Waals surface area contributed by atoms with E-state index >= 15 is 0 Å². The van der Waals surface area contributed by atoms with Gasteiger partial charge in [0.1, 0.15) is 5.75 Å². The molecule has 0 radical (unpaired) electrons. The number of hydrogen-bond acceptors (Lipinski definition) is 6. The van der Waals surface area contributed by atoms with E-state index in [-0.39, 0.29) is 5.91 Å². The first-order valence-corrected chi connectivity index (χ1v) is 7.74. The highest BCUT2D eigenvalue weighted by Crippen LogP contribution is 2.39. The van der Waals surface area contributed by atoms with Gasteiger partial charge in [0.2, 0.25) is 9.97 Å². The number of amides is 1. The number of benzene rings is 1. The van der Waals surface area contributed by atoms with Crippen LogP contribution in [0.15, 0.2) is 24.3 Å². The second-order valence-electron chi connectivity index (χ2n) is 5.12. The van der Waals surface area contributed by atoms with Gasteiger partial charge in [-0.25, -0.2) is 0 Å². The summed E-state index contributed by atoms with van der Waals surface area (Å²) in [6, 6.07) is 7.20. The molecule has 0 aliphatic heterocycles. The van der Waals surface area contributed by atoms with Crippen molar-refractivity contribution < 1.29 is 9.53 Å². The zero-order chi connectivity index (χ0) is 15.1. The molecule has 7 nitrogen and oxygen atoms in total. The zero-order valence-corrected chi connectivity index (χ0v) is 12.6. The van der Waals surface area contributed by atoms with E-state index in [0.29, 0.717) is 27.3 Å². The molecule has 1 fully saturated rings. The molecule has 112 valence electrons. The minimum Gasteiger partial charge on any atom is -0.497 e. The van der Waals surface area contributed by atoms with Gasteiger partial charge in [0.25, 0.3) is 5.91 Å². The van der Waals surface area contributed by atoms with E-state index < -0.39 is 0 Å². The van der Waals surface area contributed by atoms with Gasteiger partial charge in [0.15, 0.2) is 5.82 Å². The smallest absolute Gasteiger partial charge is 0.286 e. The first-order chi connectivity index (χ1) is 10.7. The van der Waals surface area contributed by atoms with Gasteiger partial charge in [0, 0.05) is 17.7 Å². The normalized spacial score (nSPS) is 14.2. The van der Waals surface area contributed by atoms with Crippen LogP contribution in [0.4, 0.5) is 5.69 Å². The van der Waals surface area contributed by atoms with E-state index in [1.807, 2.05) is 12.1 Å². The van der Waals surface area contributed by atoms with Crippen LogP contribution >= 0.6 is 11.3 Å². The summed E-state index contributed by atoms with van der Waals surface area (Å²) in [5.74, 6) is 1.72. The number of fused-ring (bicyclic) bond motifs is 1. The first-order valence-electron chi connectivity index (χ1n) is 6.92. The highest BCUT2D eigenvalue weighted by atomic mass is 32.1. The lowest BCUT2D eigenvalue weighted by Gasteiger charge is -2.04. The van der Waals surface area contributed by atoms with Gasteiger partial charge in [0.05, 0.1) is 7.11 Å². The minimum absolute atomic E-state index is 0.259. The van der Waals surface area contributed by atoms with Crippen LogP contribution < -0.4 is 10.1 Å². The Morgan fingerprint density at radius 1 is 1.41 bits per heavy atom. The Morgan fingerprint density at radius 2 is 2.27 bits per heavy atom. The number of carbonyl (C=O) groups is 1. The summed E-state index contributed by atoms with van der Waals surface area (Å²) in [7, 11) is 1.59. The molecule has 3 aromatic rings. The molecule has 0 atom stereocenters. The summed E-state index contributed by atoms with van der Waals surface area (Å²) < 4.78 is 6.82. The summed E-state index contributed by atoms with van der Waals surface area (Å²) in [5.41, 5.74) is 0.665. The molecule has 1 aliphatic rings. The molecule has 0 bridgehead atoms. The molecule has 0 unspecified atom stereocenters. The van der Waals surface area contributed by atoms with Crippen molar-refractivity contribution in [2.45, 2.75) is 18.8 Å². The van der Waals surface area contributed by atoms with Crippen LogP contribution in [-0.4, -0.2) is 32.8 Å². The van der Waals surface area contributed by atoms with Crippen molar-refractivity contribution in [2.24, 2.45) is 0 Å². The van der Waals surface area contributed by atoms with Crippen molar-refractivity contribution in [3.05, 3.63) is 35.1 Å². The number of aromatic nitrogens is 4. The number of nitrogens with one attached hydrogen (secondary N) is 1. The highest BCUT2D eigenvalue weighted by Gasteiger charge is 2.30. The van der Waals surface area contributed by atoms with Gasteiger partial charge in [-0.3, -0.25) is 4.79 Å². The summed E-state index contributed by atoms with van der Waals surface area (Å²) >= 11 is 1.24. The Labute approximate surface area is 129 Å². The van der Waals surface area contributed by atoms with Crippen LogP contribution in [0.1, 0.15) is 34.4 Å². The number of ether oxygens (including phenoxy) is 1. The van der Waals surface area contributed by atoms with E-state index in [2.05, 4.69) is 20.6 Å². The maximum Gasteiger partial charge on any atom is 0.286 e. The molecule has 0 spiro atoms. The van der Waals surface area contributed by atoms with Crippen molar-refractivity contribution in [3.63, 3.8) is 0 Å². The van der Waals surface area contributed by atoms with Crippen molar-refractivity contribution >= 4 is 27.9 Å². The van der Waals surface area contributed by atoms with Gasteiger partial charge in [-0.1, -0.05) is 17.4 Å². The SMILES string of the molecule is COc1cccc(NC(=O)c2nn3c(C4CC4)nnc3s2)c1. The van der Waals surface area contributed by atoms with Gasteiger partial charge in [-0.15, -0.1) is 15.3 Å². The lowest BCUT2D eigenvalue weighted by Crippen LogP contribution is -2.12. The third-order valence-electron chi connectivity index (χ3n) is 3.48. The van der Waals surface area contributed by atoms with Crippen LogP contribution in [0.25, 0.3) is 4.96 Å². The fraction of sp³-hybridized carbons (Fsp3) is 0.286. The van der Waals surface area contributed by atoms with Crippen LogP contribution in [0.3, 0.4) is 0 Å². The van der Waals surface area contributed by atoms with Crippen molar-refractivity contribution in [2.75, 3.05) is 12.4 Å². The summed E-state index contributed by atoms with van der Waals surface area (Å²) in [6.45, 7) is 0. The number of methoxy groups -OCH3 is 1. The van der Waals surface area contributed by atoms with E-state index in [4.69, 9.17) is 4.74 Å². The van der Waals surface area contributed by atoms with Gasteiger partial charge in [-0.05, 0) is 25.0 Å². The molecule has 4 rings (SSSR count). The van der Waals surface area contributed by atoms with E-state index in [9.17, 15) is 4.79 Å². The van der Waals surface area contributed by atoms with Gasteiger partial charge < -0.3 is 10.1 Å². The van der Waals surface area contributed by atoms with Crippen LogP contribution in [0.2, 0.25) is 0 Å². The van der Waals surface area contributed by atoms with E-state index in [1.54, 1.807) is 23.8 Å².